The summed E-state index contributed by atoms with van der Waals surface area (Å²) in [5, 5.41) is 4.53. The van der Waals surface area contributed by atoms with Gasteiger partial charge in [-0.15, -0.1) is 11.3 Å². The van der Waals surface area contributed by atoms with Crippen molar-refractivity contribution in [3.05, 3.63) is 22.4 Å². The molecular formula is C10H13NO3S. The monoisotopic (exact) mass is 227 g/mol. The molecule has 0 aromatic carbocycles. The Kier molecular flexibility index (Phi) is 4.30. The zero-order chi connectivity index (χ0) is 11.3. The van der Waals surface area contributed by atoms with Crippen molar-refractivity contribution in [1.82, 2.24) is 5.32 Å². The number of alkyl carbamates (subject to hydrolysis) is 1. The Morgan fingerprint density at radius 1 is 1.60 bits per heavy atom. The minimum absolute atomic E-state index is 0.0322. The number of hydrogen-bond acceptors (Lipinski definition) is 4. The van der Waals surface area contributed by atoms with Gasteiger partial charge in [-0.3, -0.25) is 4.79 Å². The molecule has 0 fully saturated rings. The maximum Gasteiger partial charge on any atom is 0.407 e. The molecular weight excluding hydrogens is 214 g/mol. The number of carbonyl (C=O) groups is 2. The Morgan fingerprint density at radius 2 is 2.33 bits per heavy atom. The van der Waals surface area contributed by atoms with Crippen molar-refractivity contribution in [2.24, 2.45) is 0 Å². The molecule has 0 saturated carbocycles. The van der Waals surface area contributed by atoms with Crippen LogP contribution in [0.15, 0.2) is 17.5 Å². The van der Waals surface area contributed by atoms with Crippen molar-refractivity contribution in [1.29, 1.82) is 0 Å². The lowest BCUT2D eigenvalue weighted by Crippen LogP contribution is -2.29. The SMILES string of the molecule is COC(=O)NC(CC(C)=O)c1cccs1. The Labute approximate surface area is 92.2 Å². The molecule has 1 amide bonds. The Bertz CT molecular complexity index is 334. The number of amides is 1. The van der Waals surface area contributed by atoms with Crippen LogP contribution in [-0.4, -0.2) is 19.0 Å². The van der Waals surface area contributed by atoms with Gasteiger partial charge in [0.05, 0.1) is 13.2 Å². The molecule has 0 saturated heterocycles. The third-order valence-electron chi connectivity index (χ3n) is 1.86. The van der Waals surface area contributed by atoms with Gasteiger partial charge in [0.2, 0.25) is 0 Å². The normalized spacial score (nSPS) is 11.9. The summed E-state index contributed by atoms with van der Waals surface area (Å²) < 4.78 is 4.50. The third kappa shape index (κ3) is 3.71. The highest BCUT2D eigenvalue weighted by Gasteiger charge is 2.17. The van der Waals surface area contributed by atoms with Crippen LogP contribution in [0.1, 0.15) is 24.3 Å². The number of ketones is 1. The molecule has 1 rings (SSSR count). The summed E-state index contributed by atoms with van der Waals surface area (Å²) in [6.07, 6.45) is -0.232. The highest BCUT2D eigenvalue weighted by Crippen LogP contribution is 2.22. The largest absolute Gasteiger partial charge is 0.453 e. The molecule has 1 unspecified atom stereocenters. The fourth-order valence-electron chi connectivity index (χ4n) is 1.20. The van der Waals surface area contributed by atoms with E-state index < -0.39 is 6.09 Å². The molecule has 0 radical (unpaired) electrons. The van der Waals surface area contributed by atoms with Crippen LogP contribution in [0, 0.1) is 0 Å². The van der Waals surface area contributed by atoms with Gasteiger partial charge in [-0.1, -0.05) is 6.07 Å². The standard InChI is InChI=1S/C10H13NO3S/c1-7(12)6-8(11-10(13)14-2)9-4-3-5-15-9/h3-5,8H,6H2,1-2H3,(H,11,13). The molecule has 1 aromatic rings. The van der Waals surface area contributed by atoms with Crippen molar-refractivity contribution in [3.63, 3.8) is 0 Å². The highest BCUT2D eigenvalue weighted by atomic mass is 32.1. The minimum atomic E-state index is -0.519. The summed E-state index contributed by atoms with van der Waals surface area (Å²) in [5.41, 5.74) is 0. The van der Waals surface area contributed by atoms with E-state index in [2.05, 4.69) is 10.1 Å². The van der Waals surface area contributed by atoms with E-state index in [9.17, 15) is 9.59 Å². The zero-order valence-electron chi connectivity index (χ0n) is 8.65. The van der Waals surface area contributed by atoms with Crippen LogP contribution < -0.4 is 5.32 Å². The molecule has 0 aliphatic carbocycles. The quantitative estimate of drug-likeness (QED) is 0.857. The molecule has 0 aliphatic rings. The van der Waals surface area contributed by atoms with E-state index in [1.165, 1.54) is 25.4 Å². The van der Waals surface area contributed by atoms with E-state index in [1.54, 1.807) is 0 Å². The van der Waals surface area contributed by atoms with Gasteiger partial charge >= 0.3 is 6.09 Å². The molecule has 1 atom stereocenters. The van der Waals surface area contributed by atoms with Crippen LogP contribution >= 0.6 is 11.3 Å². The van der Waals surface area contributed by atoms with Crippen LogP contribution in [0.4, 0.5) is 4.79 Å². The lowest BCUT2D eigenvalue weighted by molar-refractivity contribution is -0.117. The fraction of sp³-hybridized carbons (Fsp3) is 0.400. The Morgan fingerprint density at radius 3 is 2.80 bits per heavy atom. The average molecular weight is 227 g/mol. The predicted molar refractivity (Wildman–Crippen MR) is 57.9 cm³/mol. The van der Waals surface area contributed by atoms with Gasteiger partial charge in [-0.05, 0) is 18.4 Å². The first-order chi connectivity index (χ1) is 7.13. The van der Waals surface area contributed by atoms with Crippen molar-refractivity contribution in [3.8, 4) is 0 Å². The second kappa shape index (κ2) is 5.50. The smallest absolute Gasteiger partial charge is 0.407 e. The maximum atomic E-state index is 11.1. The zero-order valence-corrected chi connectivity index (χ0v) is 9.47. The summed E-state index contributed by atoms with van der Waals surface area (Å²) in [6.45, 7) is 1.50. The summed E-state index contributed by atoms with van der Waals surface area (Å²) >= 11 is 1.50. The molecule has 15 heavy (non-hydrogen) atoms. The molecule has 4 nitrogen and oxygen atoms in total. The first kappa shape index (κ1) is 11.7. The Hall–Kier alpha value is -1.36. The number of methoxy groups -OCH3 is 1. The topological polar surface area (TPSA) is 55.4 Å². The van der Waals surface area contributed by atoms with E-state index in [4.69, 9.17) is 0 Å². The lowest BCUT2D eigenvalue weighted by atomic mass is 10.1. The molecule has 1 N–H and O–H groups in total. The molecule has 0 aliphatic heterocycles. The molecule has 82 valence electrons. The van der Waals surface area contributed by atoms with Gasteiger partial charge in [-0.2, -0.15) is 0 Å². The van der Waals surface area contributed by atoms with Crippen LogP contribution in [0.25, 0.3) is 0 Å². The van der Waals surface area contributed by atoms with Crippen LogP contribution in [-0.2, 0) is 9.53 Å². The van der Waals surface area contributed by atoms with Gasteiger partial charge in [0.25, 0.3) is 0 Å². The summed E-state index contributed by atoms with van der Waals surface area (Å²) in [7, 11) is 1.30. The molecule has 0 bridgehead atoms. The summed E-state index contributed by atoms with van der Waals surface area (Å²) in [5.74, 6) is 0.0322. The van der Waals surface area contributed by atoms with E-state index >= 15 is 0 Å². The summed E-state index contributed by atoms with van der Waals surface area (Å²) in [4.78, 5) is 23.0. The number of ether oxygens (including phenoxy) is 1. The number of carbonyl (C=O) groups excluding carboxylic acids is 2. The van der Waals surface area contributed by atoms with Crippen molar-refractivity contribution >= 4 is 23.2 Å². The summed E-state index contributed by atoms with van der Waals surface area (Å²) in [6, 6.07) is 3.48. The third-order valence-corrected chi connectivity index (χ3v) is 2.84. The number of Topliss-reactive ketones (excluding diaryl/α,β-unsaturated/α-hetero) is 1. The average Bonchev–Trinajstić information content (AvgIpc) is 2.68. The predicted octanol–water partition coefficient (Wildman–Crippen LogP) is 2.12. The first-order valence-electron chi connectivity index (χ1n) is 4.50. The van der Waals surface area contributed by atoms with Crippen molar-refractivity contribution < 1.29 is 14.3 Å². The van der Waals surface area contributed by atoms with Crippen molar-refractivity contribution in [2.45, 2.75) is 19.4 Å². The fourth-order valence-corrected chi connectivity index (χ4v) is 1.98. The number of rotatable bonds is 4. The van der Waals surface area contributed by atoms with Crippen LogP contribution in [0.5, 0.6) is 0 Å². The van der Waals surface area contributed by atoms with Gasteiger partial charge in [0, 0.05) is 11.3 Å². The molecule has 5 heteroatoms. The van der Waals surface area contributed by atoms with Crippen LogP contribution in [0.3, 0.4) is 0 Å². The second-order valence-electron chi connectivity index (χ2n) is 3.11. The molecule has 1 heterocycles. The van der Waals surface area contributed by atoms with Gasteiger partial charge in [-0.25, -0.2) is 4.79 Å². The van der Waals surface area contributed by atoms with Gasteiger partial charge in [0.1, 0.15) is 5.78 Å². The lowest BCUT2D eigenvalue weighted by Gasteiger charge is -2.14. The number of nitrogens with one attached hydrogen (secondary N) is 1. The molecule has 1 aromatic heterocycles. The first-order valence-corrected chi connectivity index (χ1v) is 5.38. The van der Waals surface area contributed by atoms with Crippen LogP contribution in [0.2, 0.25) is 0 Å². The highest BCUT2D eigenvalue weighted by molar-refractivity contribution is 7.10. The van der Waals surface area contributed by atoms with Crippen molar-refractivity contribution in [2.75, 3.05) is 7.11 Å². The van der Waals surface area contributed by atoms with Gasteiger partial charge < -0.3 is 10.1 Å². The Balaban J connectivity index is 2.70. The van der Waals surface area contributed by atoms with E-state index in [1.807, 2.05) is 17.5 Å². The van der Waals surface area contributed by atoms with E-state index in [-0.39, 0.29) is 18.2 Å². The molecule has 0 spiro atoms. The van der Waals surface area contributed by atoms with E-state index in [0.29, 0.717) is 0 Å². The maximum absolute atomic E-state index is 11.1. The van der Waals surface area contributed by atoms with E-state index in [0.717, 1.165) is 4.88 Å². The number of hydrogen-bond donors (Lipinski definition) is 1. The second-order valence-corrected chi connectivity index (χ2v) is 4.09. The minimum Gasteiger partial charge on any atom is -0.453 e. The van der Waals surface area contributed by atoms with Gasteiger partial charge in [0.15, 0.2) is 0 Å². The number of thiophene rings is 1.